The van der Waals surface area contributed by atoms with E-state index in [1.807, 2.05) is 11.8 Å². The summed E-state index contributed by atoms with van der Waals surface area (Å²) in [5.74, 6) is 0. The highest BCUT2D eigenvalue weighted by Gasteiger charge is 2.49. The monoisotopic (exact) mass is 752 g/mol. The van der Waals surface area contributed by atoms with Crippen LogP contribution < -0.4 is 28.5 Å². The molecule has 0 bridgehead atoms. The van der Waals surface area contributed by atoms with Crippen LogP contribution in [0.4, 0.5) is 0 Å². The normalized spacial score (nSPS) is 25.6. The van der Waals surface area contributed by atoms with Crippen LogP contribution in [0, 0.1) is 25.2 Å². The molecule has 116 valence electrons. The SMILES string of the molecule is Cc1cc(C)[n+]2c(c1C#N)S[C@@H]1CCC[C@@H](I)[C@@H]12.II.[I-]. The van der Waals surface area contributed by atoms with Gasteiger partial charge in [-0.25, -0.2) is 0 Å². The zero-order chi connectivity index (χ0) is 14.9. The van der Waals surface area contributed by atoms with Crippen LogP contribution in [0.25, 0.3) is 0 Å². The molecule has 2 heterocycles. The topological polar surface area (TPSA) is 27.7 Å². The van der Waals surface area contributed by atoms with Crippen molar-refractivity contribution in [2.45, 2.75) is 53.4 Å². The number of aryl methyl sites for hydroxylation is 2. The van der Waals surface area contributed by atoms with E-state index in [1.165, 1.54) is 30.0 Å². The van der Waals surface area contributed by atoms with Gasteiger partial charge in [0.15, 0.2) is 11.7 Å². The number of halogens is 4. The minimum absolute atomic E-state index is 0. The Hall–Kier alpha value is 1.91. The smallest absolute Gasteiger partial charge is 0.259 e. The molecule has 3 atom stereocenters. The maximum atomic E-state index is 9.39. The fourth-order valence-corrected chi connectivity index (χ4v) is 6.49. The number of hydrogen-bond donors (Lipinski definition) is 0. The third-order valence-electron chi connectivity index (χ3n) is 4.03. The van der Waals surface area contributed by atoms with E-state index >= 15 is 0 Å². The van der Waals surface area contributed by atoms with Gasteiger partial charge < -0.3 is 24.0 Å². The second-order valence-corrected chi connectivity index (χ2v) is 8.05. The van der Waals surface area contributed by atoms with E-state index in [-0.39, 0.29) is 24.0 Å². The third-order valence-corrected chi connectivity index (χ3v) is 6.83. The molecule has 1 aliphatic carbocycles. The molecule has 1 aliphatic heterocycles. The zero-order valence-electron chi connectivity index (χ0n) is 11.7. The first kappa shape index (κ1) is 21.0. The van der Waals surface area contributed by atoms with Gasteiger partial charge in [0.05, 0.1) is 9.17 Å². The fraction of sp³-hybridized carbons (Fsp3) is 0.571. The summed E-state index contributed by atoms with van der Waals surface area (Å²) >= 11 is 8.78. The van der Waals surface area contributed by atoms with Gasteiger partial charge in [0.2, 0.25) is 0 Å². The first-order valence-corrected chi connectivity index (χ1v) is 15.0. The lowest BCUT2D eigenvalue weighted by Crippen LogP contribution is -3.00. The van der Waals surface area contributed by atoms with Crippen molar-refractivity contribution in [3.05, 3.63) is 22.9 Å². The molecule has 0 saturated heterocycles. The van der Waals surface area contributed by atoms with Crippen LogP contribution in [0.1, 0.15) is 42.1 Å². The lowest BCUT2D eigenvalue weighted by molar-refractivity contribution is -0.755. The van der Waals surface area contributed by atoms with Gasteiger partial charge in [-0.2, -0.15) is 9.83 Å². The van der Waals surface area contributed by atoms with Gasteiger partial charge in [-0.15, -0.1) is 0 Å². The molecule has 3 rings (SSSR count). The maximum absolute atomic E-state index is 9.39. The Morgan fingerprint density at radius 2 is 2.00 bits per heavy atom. The molecule has 0 aromatic carbocycles. The summed E-state index contributed by atoms with van der Waals surface area (Å²) in [6.07, 6.45) is 3.93. The van der Waals surface area contributed by atoms with Crippen LogP contribution in [0.3, 0.4) is 0 Å². The number of hydrogen-bond acceptors (Lipinski definition) is 2. The summed E-state index contributed by atoms with van der Waals surface area (Å²) in [7, 11) is 0. The van der Waals surface area contributed by atoms with Crippen molar-refractivity contribution >= 4 is 71.6 Å². The van der Waals surface area contributed by atoms with E-state index < -0.39 is 0 Å². The van der Waals surface area contributed by atoms with Gasteiger partial charge in [-0.3, -0.25) is 0 Å². The maximum Gasteiger partial charge on any atom is 0.259 e. The number of aromatic nitrogens is 1. The number of nitriles is 1. The molecule has 1 aromatic rings. The first-order valence-electron chi connectivity index (χ1n) is 6.54. The molecule has 1 saturated carbocycles. The van der Waals surface area contributed by atoms with Gasteiger partial charge in [0, 0.05) is 50.2 Å². The van der Waals surface area contributed by atoms with Gasteiger partial charge in [0.25, 0.3) is 5.03 Å². The van der Waals surface area contributed by atoms with E-state index in [4.69, 9.17) is 0 Å². The molecule has 0 radical (unpaired) electrons. The average Bonchev–Trinajstić information content (AvgIpc) is 2.82. The minimum Gasteiger partial charge on any atom is -1.00 e. The van der Waals surface area contributed by atoms with Crippen molar-refractivity contribution in [3.8, 4) is 6.07 Å². The van der Waals surface area contributed by atoms with E-state index in [0.717, 1.165) is 11.1 Å². The van der Waals surface area contributed by atoms with Crippen molar-refractivity contribution in [2.75, 3.05) is 0 Å². The number of rotatable bonds is 0. The minimum atomic E-state index is 0. The van der Waals surface area contributed by atoms with E-state index in [1.54, 1.807) is 0 Å². The molecule has 1 fully saturated rings. The summed E-state index contributed by atoms with van der Waals surface area (Å²) in [6, 6.07) is 5.16. The number of thioether (sulfide) groups is 1. The third kappa shape index (κ3) is 4.12. The van der Waals surface area contributed by atoms with Crippen LogP contribution in [0.5, 0.6) is 0 Å². The van der Waals surface area contributed by atoms with Crippen molar-refractivity contribution in [2.24, 2.45) is 0 Å². The van der Waals surface area contributed by atoms with Gasteiger partial charge in [-0.1, -0.05) is 29.0 Å². The lowest BCUT2D eigenvalue weighted by Gasteiger charge is -2.25. The van der Waals surface area contributed by atoms with E-state index in [0.29, 0.717) is 15.2 Å². The van der Waals surface area contributed by atoms with Crippen LogP contribution in [-0.2, 0) is 0 Å². The standard InChI is InChI=1S/C14H16IN2S.I2.HI/c1-8-6-9(2)17-13-11(15)4-3-5-12(13)18-14(17)10(8)7-16;1-2;/h6,11-13H,3-5H2,1-2H3;;1H/q+1;;/p-1/t11-,12-,13+;;/m1../s1. The van der Waals surface area contributed by atoms with E-state index in [2.05, 4.69) is 90.4 Å². The molecule has 0 amide bonds. The predicted molar refractivity (Wildman–Crippen MR) is 109 cm³/mol. The van der Waals surface area contributed by atoms with E-state index in [9.17, 15) is 5.26 Å². The molecule has 0 unspecified atom stereocenters. The molecular weight excluding hydrogens is 736 g/mol. The van der Waals surface area contributed by atoms with Crippen LogP contribution >= 0.6 is 71.6 Å². The Balaban J connectivity index is 0.000000706. The first-order chi connectivity index (χ1) is 9.63. The van der Waals surface area contributed by atoms with Crippen molar-refractivity contribution < 1.29 is 28.5 Å². The Labute approximate surface area is 185 Å². The average molecular weight is 752 g/mol. The molecule has 0 spiro atoms. The van der Waals surface area contributed by atoms with Crippen molar-refractivity contribution in [1.29, 1.82) is 5.26 Å². The second kappa shape index (κ2) is 9.41. The molecule has 1 aromatic heterocycles. The number of nitrogens with zero attached hydrogens (tertiary/aromatic N) is 2. The summed E-state index contributed by atoms with van der Waals surface area (Å²) in [6.45, 7) is 4.23. The summed E-state index contributed by atoms with van der Waals surface area (Å²) in [5, 5.41) is 11.3. The van der Waals surface area contributed by atoms with Crippen LogP contribution in [-0.4, -0.2) is 9.17 Å². The quantitative estimate of drug-likeness (QED) is 0.232. The molecule has 2 aliphatic rings. The molecule has 0 N–H and O–H groups in total. The predicted octanol–water partition coefficient (Wildman–Crippen LogP) is 2.24. The number of pyridine rings is 1. The molecule has 2 nitrogen and oxygen atoms in total. The van der Waals surface area contributed by atoms with Gasteiger partial charge in [-0.05, 0) is 37.1 Å². The van der Waals surface area contributed by atoms with Crippen molar-refractivity contribution in [1.82, 2.24) is 0 Å². The Kier molecular flexibility index (Phi) is 9.39. The fourth-order valence-electron chi connectivity index (χ4n) is 3.22. The van der Waals surface area contributed by atoms with Gasteiger partial charge in [0.1, 0.15) is 11.6 Å². The summed E-state index contributed by atoms with van der Waals surface area (Å²) < 4.78 is 3.14. The lowest BCUT2D eigenvalue weighted by atomic mass is 9.94. The highest BCUT2D eigenvalue weighted by molar-refractivity contribution is 15.0. The zero-order valence-corrected chi connectivity index (χ0v) is 21.2. The Bertz CT molecular complexity index is 559. The molecule has 21 heavy (non-hydrogen) atoms. The number of fused-ring (bicyclic) bond motifs is 3. The summed E-state index contributed by atoms with van der Waals surface area (Å²) in [4.78, 5) is 0. The van der Waals surface area contributed by atoms with Crippen LogP contribution in [0.15, 0.2) is 11.1 Å². The number of alkyl halides is 1. The molecular formula is C14H16I4N2S. The van der Waals surface area contributed by atoms with Crippen LogP contribution in [0.2, 0.25) is 0 Å². The van der Waals surface area contributed by atoms with Gasteiger partial charge >= 0.3 is 0 Å². The van der Waals surface area contributed by atoms with Crippen molar-refractivity contribution in [3.63, 3.8) is 0 Å². The molecule has 7 heteroatoms. The summed E-state index contributed by atoms with van der Waals surface area (Å²) in [5.41, 5.74) is 3.33. The second-order valence-electron chi connectivity index (χ2n) is 5.22. The highest BCUT2D eigenvalue weighted by Crippen LogP contribution is 2.46. The highest BCUT2D eigenvalue weighted by atomic mass is 128. The Morgan fingerprint density at radius 3 is 2.62 bits per heavy atom. The Morgan fingerprint density at radius 1 is 1.33 bits per heavy atom. The largest absolute Gasteiger partial charge is 1.00 e.